The molecule has 0 saturated heterocycles. The molecule has 1 heterocycles. The summed E-state index contributed by atoms with van der Waals surface area (Å²) in [6, 6.07) is 2.24. The van der Waals surface area contributed by atoms with Crippen molar-refractivity contribution in [3.63, 3.8) is 0 Å². The van der Waals surface area contributed by atoms with Crippen molar-refractivity contribution in [3.05, 3.63) is 17.5 Å². The van der Waals surface area contributed by atoms with Crippen molar-refractivity contribution < 1.29 is 0 Å². The zero-order valence-electron chi connectivity index (χ0n) is 9.50. The van der Waals surface area contributed by atoms with E-state index in [2.05, 4.69) is 36.1 Å². The fourth-order valence-electron chi connectivity index (χ4n) is 1.50. The van der Waals surface area contributed by atoms with E-state index < -0.39 is 0 Å². The summed E-state index contributed by atoms with van der Waals surface area (Å²) in [5.74, 6) is 1.52. The van der Waals surface area contributed by atoms with Gasteiger partial charge in [-0.2, -0.15) is 0 Å². The molecule has 1 aromatic heterocycles. The predicted octanol–water partition coefficient (Wildman–Crippen LogP) is 3.37. The molecule has 84 valence electrons. The van der Waals surface area contributed by atoms with Crippen molar-refractivity contribution in [3.8, 4) is 0 Å². The number of anilines is 1. The second kappa shape index (κ2) is 5.91. The molecular weight excluding hydrogens is 210 g/mol. The Morgan fingerprint density at radius 1 is 1.47 bits per heavy atom. The maximum Gasteiger partial charge on any atom is 0.224 e. The number of rotatable bonds is 5. The maximum atomic E-state index is 5.70. The molecule has 2 atom stereocenters. The summed E-state index contributed by atoms with van der Waals surface area (Å²) in [6.45, 7) is 6.62. The Kier molecular flexibility index (Phi) is 4.82. The van der Waals surface area contributed by atoms with Crippen LogP contribution in [0.5, 0.6) is 0 Å². The first-order chi connectivity index (χ1) is 7.11. The quantitative estimate of drug-likeness (QED) is 0.784. The van der Waals surface area contributed by atoms with Gasteiger partial charge in [0.1, 0.15) is 5.82 Å². The van der Waals surface area contributed by atoms with Gasteiger partial charge in [0.05, 0.1) is 0 Å². The number of hydrogen-bond acceptors (Lipinski definition) is 3. The van der Waals surface area contributed by atoms with Gasteiger partial charge in [0, 0.05) is 12.2 Å². The Labute approximate surface area is 96.3 Å². The minimum absolute atomic E-state index is 0.288. The normalized spacial score (nSPS) is 14.7. The first kappa shape index (κ1) is 12.2. The molecule has 3 nitrogen and oxygen atoms in total. The van der Waals surface area contributed by atoms with Crippen LogP contribution in [0.1, 0.15) is 33.6 Å². The van der Waals surface area contributed by atoms with Crippen LogP contribution < -0.4 is 5.32 Å². The molecule has 0 bridgehead atoms. The van der Waals surface area contributed by atoms with Gasteiger partial charge in [-0.3, -0.25) is 0 Å². The minimum atomic E-state index is 0.288. The summed E-state index contributed by atoms with van der Waals surface area (Å²) in [6.07, 6.45) is 4.00. The molecule has 1 N–H and O–H groups in total. The molecule has 0 amide bonds. The van der Waals surface area contributed by atoms with E-state index in [0.717, 1.165) is 18.2 Å². The third-order valence-corrected chi connectivity index (χ3v) is 2.66. The molecule has 0 fully saturated rings. The van der Waals surface area contributed by atoms with Gasteiger partial charge in [-0.1, -0.05) is 20.3 Å². The van der Waals surface area contributed by atoms with E-state index in [1.807, 2.05) is 6.07 Å². The number of halogens is 1. The van der Waals surface area contributed by atoms with Crippen LogP contribution in [0.15, 0.2) is 12.3 Å². The summed E-state index contributed by atoms with van der Waals surface area (Å²) >= 11 is 5.70. The summed E-state index contributed by atoms with van der Waals surface area (Å²) < 4.78 is 0. The minimum Gasteiger partial charge on any atom is -0.367 e. The van der Waals surface area contributed by atoms with Crippen LogP contribution in [0.25, 0.3) is 0 Å². The van der Waals surface area contributed by atoms with Crippen molar-refractivity contribution in [1.29, 1.82) is 0 Å². The summed E-state index contributed by atoms with van der Waals surface area (Å²) in [5.41, 5.74) is 0. The largest absolute Gasteiger partial charge is 0.367 e. The van der Waals surface area contributed by atoms with E-state index in [-0.39, 0.29) is 5.28 Å². The number of nitrogens with zero attached hydrogens (tertiary/aromatic N) is 2. The smallest absolute Gasteiger partial charge is 0.224 e. The average Bonchev–Trinajstić information content (AvgIpc) is 2.17. The van der Waals surface area contributed by atoms with Gasteiger partial charge >= 0.3 is 0 Å². The molecule has 1 aromatic rings. The monoisotopic (exact) mass is 227 g/mol. The molecule has 0 aliphatic rings. The molecule has 4 heteroatoms. The van der Waals surface area contributed by atoms with Crippen LogP contribution in [0, 0.1) is 5.92 Å². The Balaban J connectivity index is 2.47. The third-order valence-electron chi connectivity index (χ3n) is 2.47. The second-order valence-corrected chi connectivity index (χ2v) is 4.34. The number of aromatic nitrogens is 2. The molecule has 15 heavy (non-hydrogen) atoms. The average molecular weight is 228 g/mol. The molecule has 1 rings (SSSR count). The first-order valence-electron chi connectivity index (χ1n) is 5.37. The van der Waals surface area contributed by atoms with Crippen molar-refractivity contribution in [2.45, 2.75) is 39.7 Å². The standard InChI is InChI=1S/C11H18ClN3/c1-4-8(2)7-9(3)14-10-5-6-13-11(12)15-10/h5-6,8-9H,4,7H2,1-3H3,(H,13,14,15). The van der Waals surface area contributed by atoms with E-state index in [9.17, 15) is 0 Å². The van der Waals surface area contributed by atoms with Crippen molar-refractivity contribution in [1.82, 2.24) is 9.97 Å². The van der Waals surface area contributed by atoms with Crippen LogP contribution in [-0.2, 0) is 0 Å². The SMILES string of the molecule is CCC(C)CC(C)Nc1ccnc(Cl)n1. The number of nitrogens with one attached hydrogen (secondary N) is 1. The Bertz CT molecular complexity index is 304. The molecule has 0 aliphatic heterocycles. The van der Waals surface area contributed by atoms with Crippen molar-refractivity contribution >= 4 is 17.4 Å². The van der Waals surface area contributed by atoms with Crippen LogP contribution in [-0.4, -0.2) is 16.0 Å². The Hall–Kier alpha value is -0.830. The number of hydrogen-bond donors (Lipinski definition) is 1. The lowest BCUT2D eigenvalue weighted by molar-refractivity contribution is 0.483. The van der Waals surface area contributed by atoms with E-state index in [1.54, 1.807) is 6.20 Å². The molecule has 0 radical (unpaired) electrons. The highest BCUT2D eigenvalue weighted by Crippen LogP contribution is 2.14. The van der Waals surface area contributed by atoms with Gasteiger partial charge in [-0.25, -0.2) is 9.97 Å². The van der Waals surface area contributed by atoms with Crippen LogP contribution in [0.2, 0.25) is 5.28 Å². The highest BCUT2D eigenvalue weighted by Gasteiger charge is 2.07. The molecule has 2 unspecified atom stereocenters. The highest BCUT2D eigenvalue weighted by molar-refractivity contribution is 6.28. The zero-order valence-corrected chi connectivity index (χ0v) is 10.3. The topological polar surface area (TPSA) is 37.8 Å². The van der Waals surface area contributed by atoms with Gasteiger partial charge in [-0.05, 0) is 36.9 Å². The van der Waals surface area contributed by atoms with Crippen LogP contribution in [0.3, 0.4) is 0 Å². The van der Waals surface area contributed by atoms with E-state index in [0.29, 0.717) is 6.04 Å². The Morgan fingerprint density at radius 2 is 2.20 bits per heavy atom. The third kappa shape index (κ3) is 4.47. The lowest BCUT2D eigenvalue weighted by Crippen LogP contribution is -2.19. The molecule has 0 spiro atoms. The lowest BCUT2D eigenvalue weighted by atomic mass is 10.0. The Morgan fingerprint density at radius 3 is 2.80 bits per heavy atom. The fourth-order valence-corrected chi connectivity index (χ4v) is 1.64. The zero-order chi connectivity index (χ0) is 11.3. The maximum absolute atomic E-state index is 5.70. The lowest BCUT2D eigenvalue weighted by Gasteiger charge is -2.17. The van der Waals surface area contributed by atoms with Crippen molar-refractivity contribution in [2.24, 2.45) is 5.92 Å². The summed E-state index contributed by atoms with van der Waals surface area (Å²) in [4.78, 5) is 7.93. The van der Waals surface area contributed by atoms with Crippen LogP contribution in [0.4, 0.5) is 5.82 Å². The second-order valence-electron chi connectivity index (χ2n) is 4.01. The summed E-state index contributed by atoms with van der Waals surface area (Å²) in [5, 5.41) is 3.60. The van der Waals surface area contributed by atoms with Gasteiger partial charge < -0.3 is 5.32 Å². The molecular formula is C11H18ClN3. The van der Waals surface area contributed by atoms with Crippen LogP contribution >= 0.6 is 11.6 Å². The van der Waals surface area contributed by atoms with Crippen molar-refractivity contribution in [2.75, 3.05) is 5.32 Å². The highest BCUT2D eigenvalue weighted by atomic mass is 35.5. The predicted molar refractivity (Wildman–Crippen MR) is 64.2 cm³/mol. The van der Waals surface area contributed by atoms with Gasteiger partial charge in [0.15, 0.2) is 0 Å². The van der Waals surface area contributed by atoms with Gasteiger partial charge in [-0.15, -0.1) is 0 Å². The molecule has 0 saturated carbocycles. The summed E-state index contributed by atoms with van der Waals surface area (Å²) in [7, 11) is 0. The van der Waals surface area contributed by atoms with E-state index in [4.69, 9.17) is 11.6 Å². The van der Waals surface area contributed by atoms with E-state index >= 15 is 0 Å². The van der Waals surface area contributed by atoms with Gasteiger partial charge in [0.25, 0.3) is 0 Å². The molecule has 0 aromatic carbocycles. The fraction of sp³-hybridized carbons (Fsp3) is 0.636. The molecule has 0 aliphatic carbocycles. The first-order valence-corrected chi connectivity index (χ1v) is 5.74. The van der Waals surface area contributed by atoms with Gasteiger partial charge in [0.2, 0.25) is 5.28 Å². The van der Waals surface area contributed by atoms with E-state index in [1.165, 1.54) is 6.42 Å².